The van der Waals surface area contributed by atoms with Gasteiger partial charge in [-0.25, -0.2) is 4.68 Å². The van der Waals surface area contributed by atoms with Gasteiger partial charge in [0.05, 0.1) is 12.1 Å². The lowest BCUT2D eigenvalue weighted by Crippen LogP contribution is -2.28. The summed E-state index contributed by atoms with van der Waals surface area (Å²) in [5.41, 5.74) is 2.25. The monoisotopic (exact) mass is 312 g/mol. The Bertz CT molecular complexity index is 770. The van der Waals surface area contributed by atoms with Crippen molar-refractivity contribution < 1.29 is 0 Å². The third-order valence-corrected chi connectivity index (χ3v) is 4.14. The summed E-state index contributed by atoms with van der Waals surface area (Å²) in [7, 11) is 0. The van der Waals surface area contributed by atoms with Crippen LogP contribution in [0.2, 0.25) is 5.02 Å². The second kappa shape index (κ2) is 5.38. The maximum Gasteiger partial charge on any atom is 0.243 e. The first-order valence-corrected chi connectivity index (χ1v) is 7.39. The summed E-state index contributed by atoms with van der Waals surface area (Å²) in [5, 5.41) is 16.0. The second-order valence-electron chi connectivity index (χ2n) is 5.23. The van der Waals surface area contributed by atoms with Crippen LogP contribution in [0.5, 0.6) is 0 Å². The Labute approximate surface area is 132 Å². The molecule has 110 valence electrons. The molecule has 0 amide bonds. The number of hydrogen-bond donors (Lipinski definition) is 1. The lowest BCUT2D eigenvalue weighted by atomic mass is 9.94. The van der Waals surface area contributed by atoms with Crippen molar-refractivity contribution in [3.63, 3.8) is 0 Å². The number of anilines is 1. The molecule has 3 aromatic rings. The molecular formula is C15H13ClN6. The van der Waals surface area contributed by atoms with Crippen molar-refractivity contribution in [2.45, 2.75) is 18.5 Å². The molecule has 0 saturated heterocycles. The number of hydrogen-bond acceptors (Lipinski definition) is 5. The predicted octanol–water partition coefficient (Wildman–Crippen LogP) is 2.87. The molecule has 0 fully saturated rings. The van der Waals surface area contributed by atoms with Gasteiger partial charge in [-0.1, -0.05) is 34.9 Å². The molecule has 2 unspecified atom stereocenters. The van der Waals surface area contributed by atoms with Crippen LogP contribution in [0.15, 0.2) is 48.8 Å². The summed E-state index contributed by atoms with van der Waals surface area (Å²) in [6.45, 7) is 0. The van der Waals surface area contributed by atoms with Gasteiger partial charge in [0.2, 0.25) is 5.95 Å². The fourth-order valence-electron chi connectivity index (χ4n) is 2.80. The van der Waals surface area contributed by atoms with Crippen molar-refractivity contribution in [3.8, 4) is 0 Å². The Morgan fingerprint density at radius 2 is 2.00 bits per heavy atom. The summed E-state index contributed by atoms with van der Waals surface area (Å²) >= 11 is 5.99. The molecule has 2 aromatic heterocycles. The van der Waals surface area contributed by atoms with E-state index >= 15 is 0 Å². The Morgan fingerprint density at radius 3 is 2.77 bits per heavy atom. The van der Waals surface area contributed by atoms with E-state index in [1.807, 2.05) is 41.2 Å². The highest BCUT2D eigenvalue weighted by atomic mass is 35.5. The molecule has 1 N–H and O–H groups in total. The van der Waals surface area contributed by atoms with E-state index in [4.69, 9.17) is 11.6 Å². The Morgan fingerprint density at radius 1 is 1.14 bits per heavy atom. The topological polar surface area (TPSA) is 68.5 Å². The summed E-state index contributed by atoms with van der Waals surface area (Å²) in [5.74, 6) is 0.667. The molecule has 3 heterocycles. The normalized spacial score (nSPS) is 20.2. The molecule has 0 aliphatic carbocycles. The fourth-order valence-corrected chi connectivity index (χ4v) is 2.93. The molecule has 0 radical (unpaired) electrons. The van der Waals surface area contributed by atoms with Crippen LogP contribution < -0.4 is 5.32 Å². The van der Waals surface area contributed by atoms with E-state index in [-0.39, 0.29) is 12.1 Å². The standard InChI is InChI=1S/C15H13ClN6/c16-12-5-3-10(4-6-12)14-8-13(11-2-1-7-17-9-11)18-15-19-20-21-22(14)15/h1-7,9,13-14H,8H2,(H,18,19,21). The summed E-state index contributed by atoms with van der Waals surface area (Å²) in [6, 6.07) is 12.0. The first-order valence-electron chi connectivity index (χ1n) is 7.01. The zero-order valence-electron chi connectivity index (χ0n) is 11.6. The van der Waals surface area contributed by atoms with Crippen LogP contribution in [0.4, 0.5) is 5.95 Å². The number of benzene rings is 1. The Kier molecular flexibility index (Phi) is 3.23. The largest absolute Gasteiger partial charge is 0.346 e. The van der Waals surface area contributed by atoms with Crippen LogP contribution >= 0.6 is 11.6 Å². The molecule has 7 heteroatoms. The molecule has 22 heavy (non-hydrogen) atoms. The summed E-state index contributed by atoms with van der Waals surface area (Å²) < 4.78 is 1.82. The van der Waals surface area contributed by atoms with Gasteiger partial charge in [-0.3, -0.25) is 4.98 Å². The number of nitrogens with zero attached hydrogens (tertiary/aromatic N) is 5. The molecular weight excluding hydrogens is 300 g/mol. The molecule has 0 bridgehead atoms. The quantitative estimate of drug-likeness (QED) is 0.788. The number of pyridine rings is 1. The van der Waals surface area contributed by atoms with E-state index in [9.17, 15) is 0 Å². The highest BCUT2D eigenvalue weighted by Gasteiger charge is 2.30. The first kappa shape index (κ1) is 13.2. The zero-order chi connectivity index (χ0) is 14.9. The third-order valence-electron chi connectivity index (χ3n) is 3.89. The van der Waals surface area contributed by atoms with Gasteiger partial charge in [0.25, 0.3) is 0 Å². The van der Waals surface area contributed by atoms with Crippen LogP contribution in [0, 0.1) is 0 Å². The molecule has 1 aliphatic rings. The smallest absolute Gasteiger partial charge is 0.243 e. The van der Waals surface area contributed by atoms with Crippen molar-refractivity contribution in [2.75, 3.05) is 5.32 Å². The molecule has 0 spiro atoms. The van der Waals surface area contributed by atoms with Crippen molar-refractivity contribution in [1.29, 1.82) is 0 Å². The van der Waals surface area contributed by atoms with E-state index in [0.29, 0.717) is 5.95 Å². The Hall–Kier alpha value is -2.47. The fraction of sp³-hybridized carbons (Fsp3) is 0.200. The van der Waals surface area contributed by atoms with Crippen molar-refractivity contribution in [3.05, 3.63) is 64.9 Å². The summed E-state index contributed by atoms with van der Waals surface area (Å²) in [4.78, 5) is 4.20. The van der Waals surface area contributed by atoms with Gasteiger partial charge in [0.1, 0.15) is 0 Å². The van der Waals surface area contributed by atoms with Crippen LogP contribution in [0.3, 0.4) is 0 Å². The Balaban J connectivity index is 1.73. The number of nitrogens with one attached hydrogen (secondary N) is 1. The average molecular weight is 313 g/mol. The average Bonchev–Trinajstić information content (AvgIpc) is 3.04. The van der Waals surface area contributed by atoms with Crippen LogP contribution in [-0.4, -0.2) is 25.2 Å². The number of fused-ring (bicyclic) bond motifs is 1. The maximum absolute atomic E-state index is 5.99. The highest BCUT2D eigenvalue weighted by molar-refractivity contribution is 6.30. The molecule has 2 atom stereocenters. The van der Waals surface area contributed by atoms with Gasteiger partial charge in [0.15, 0.2) is 0 Å². The van der Waals surface area contributed by atoms with Crippen LogP contribution in [0.25, 0.3) is 0 Å². The highest BCUT2D eigenvalue weighted by Crippen LogP contribution is 2.36. The zero-order valence-corrected chi connectivity index (χ0v) is 12.4. The van der Waals surface area contributed by atoms with Crippen molar-refractivity contribution in [1.82, 2.24) is 25.2 Å². The van der Waals surface area contributed by atoms with Gasteiger partial charge in [-0.15, -0.1) is 0 Å². The van der Waals surface area contributed by atoms with Gasteiger partial charge in [-0.2, -0.15) is 0 Å². The minimum absolute atomic E-state index is 0.0636. The van der Waals surface area contributed by atoms with E-state index in [1.54, 1.807) is 6.20 Å². The lowest BCUT2D eigenvalue weighted by molar-refractivity contribution is 0.423. The second-order valence-corrected chi connectivity index (χ2v) is 5.67. The number of rotatable bonds is 2. The maximum atomic E-state index is 5.99. The van der Waals surface area contributed by atoms with Crippen molar-refractivity contribution in [2.24, 2.45) is 0 Å². The van der Waals surface area contributed by atoms with Gasteiger partial charge >= 0.3 is 0 Å². The molecule has 1 aromatic carbocycles. The third kappa shape index (κ3) is 2.31. The molecule has 6 nitrogen and oxygen atoms in total. The number of halogens is 1. The van der Waals surface area contributed by atoms with Gasteiger partial charge < -0.3 is 5.32 Å². The minimum Gasteiger partial charge on any atom is -0.346 e. The number of aromatic nitrogens is 5. The van der Waals surface area contributed by atoms with E-state index in [2.05, 4.69) is 31.9 Å². The van der Waals surface area contributed by atoms with Gasteiger partial charge in [-0.05, 0) is 46.2 Å². The SMILES string of the molecule is Clc1ccc(C2CC(c3cccnc3)Nc3nnnn32)cc1. The van der Waals surface area contributed by atoms with E-state index < -0.39 is 0 Å². The lowest BCUT2D eigenvalue weighted by Gasteiger charge is -2.30. The minimum atomic E-state index is 0.0636. The van der Waals surface area contributed by atoms with Crippen LogP contribution in [0.1, 0.15) is 29.6 Å². The summed E-state index contributed by atoms with van der Waals surface area (Å²) in [6.07, 6.45) is 4.48. The van der Waals surface area contributed by atoms with Gasteiger partial charge in [0, 0.05) is 17.4 Å². The van der Waals surface area contributed by atoms with E-state index in [1.165, 1.54) is 0 Å². The first-order chi connectivity index (χ1) is 10.8. The molecule has 0 saturated carbocycles. The molecule has 1 aliphatic heterocycles. The van der Waals surface area contributed by atoms with Crippen LogP contribution in [-0.2, 0) is 0 Å². The van der Waals surface area contributed by atoms with E-state index in [0.717, 1.165) is 22.6 Å². The van der Waals surface area contributed by atoms with Crippen molar-refractivity contribution >= 4 is 17.5 Å². The molecule has 4 rings (SSSR count). The predicted molar refractivity (Wildman–Crippen MR) is 82.6 cm³/mol. The number of tetrazole rings is 1.